The second kappa shape index (κ2) is 15.2. The fourth-order valence-corrected chi connectivity index (χ4v) is 0.960. The minimum absolute atomic E-state index is 0. The van der Waals surface area contributed by atoms with Crippen LogP contribution in [0.25, 0.3) is 0 Å². The molecular weight excluding hydrogens is 321 g/mol. The van der Waals surface area contributed by atoms with Crippen molar-refractivity contribution >= 4 is 18.5 Å². The summed E-state index contributed by atoms with van der Waals surface area (Å²) >= 11 is 0. The zero-order chi connectivity index (χ0) is 11.3. The van der Waals surface area contributed by atoms with Crippen LogP contribution in [-0.2, 0) is 37.7 Å². The minimum atomic E-state index is -1.33. The van der Waals surface area contributed by atoms with Crippen LogP contribution in [0.4, 0.5) is 0 Å². The molecule has 0 bridgehead atoms. The molecule has 0 saturated carbocycles. The van der Waals surface area contributed by atoms with E-state index in [0.717, 1.165) is 6.21 Å². The molecule has 0 spiro atoms. The molecule has 20 heavy (non-hydrogen) atoms. The fourth-order valence-electron chi connectivity index (χ4n) is 0.960. The Hall–Kier alpha value is -1.84. The first kappa shape index (κ1) is 30.9. The predicted octanol–water partition coefficient (Wildman–Crippen LogP) is -4.85. The normalized spacial score (nSPS) is 7.80. The van der Waals surface area contributed by atoms with Crippen molar-refractivity contribution in [3.63, 3.8) is 0 Å². The van der Waals surface area contributed by atoms with Gasteiger partial charge in [0.05, 0.1) is 12.5 Å². The Bertz CT molecular complexity index is 424. The number of rotatable bonds is 4. The van der Waals surface area contributed by atoms with Gasteiger partial charge in [0, 0.05) is 11.8 Å². The van der Waals surface area contributed by atoms with Crippen LogP contribution in [0.15, 0.2) is 23.2 Å². The van der Waals surface area contributed by atoms with Crippen LogP contribution in [0.1, 0.15) is 15.9 Å². The van der Waals surface area contributed by atoms with Crippen molar-refractivity contribution in [1.29, 1.82) is 0 Å². The van der Waals surface area contributed by atoms with Crippen molar-refractivity contribution < 1.29 is 58.2 Å². The second-order valence-corrected chi connectivity index (χ2v) is 2.76. The van der Waals surface area contributed by atoms with Gasteiger partial charge in [0.15, 0.2) is 0 Å². The molecule has 0 atom stereocenters. The summed E-state index contributed by atoms with van der Waals surface area (Å²) < 4.78 is 0. The number of carboxylic acids is 1. The summed E-state index contributed by atoms with van der Waals surface area (Å²) in [5, 5.41) is 21.2. The number of hydrogen-bond acceptors (Lipinski definition) is 5. The zero-order valence-electron chi connectivity index (χ0n) is 10.2. The van der Waals surface area contributed by atoms with Gasteiger partial charge in [-0.15, -0.1) is 5.75 Å². The molecule has 118 valence electrons. The summed E-state index contributed by atoms with van der Waals surface area (Å²) in [6.07, 6.45) is 1.71. The molecule has 9 nitrogen and oxygen atoms in total. The summed E-state index contributed by atoms with van der Waals surface area (Å²) in [6.45, 7) is -0.509. The number of hydrogen-bond donors (Lipinski definition) is 0. The third kappa shape index (κ3) is 10.1. The van der Waals surface area contributed by atoms with Crippen LogP contribution in [0.3, 0.4) is 0 Å². The molecule has 0 aliphatic carbocycles. The summed E-state index contributed by atoms with van der Waals surface area (Å²) in [5.74, 6) is -1.65. The number of carboxylic acid groups (broad SMARTS) is 1. The first-order chi connectivity index (χ1) is 7.13. The first-order valence-electron chi connectivity index (χ1n) is 4.09. The van der Waals surface area contributed by atoms with Gasteiger partial charge in [-0.1, -0.05) is 12.1 Å². The third-order valence-electron chi connectivity index (χ3n) is 1.62. The van der Waals surface area contributed by atoms with Crippen molar-refractivity contribution in [3.05, 3.63) is 29.3 Å². The quantitative estimate of drug-likeness (QED) is 0.227. The number of aldehydes is 1. The molecule has 0 aliphatic heterocycles. The van der Waals surface area contributed by atoms with E-state index in [-0.39, 0.29) is 49.7 Å². The average molecular weight is 339 g/mol. The second-order valence-electron chi connectivity index (χ2n) is 2.76. The predicted molar refractivity (Wildman–Crippen MR) is 67.0 cm³/mol. The standard InChI is InChI=1S/C10H9NO4.Ni.4H2O/c12-6-7-1-2-9(13)8(3-7)4-11-5-10(14)15;;;;;/h1-4,6,13H,5H2,(H,14,15);;4*1H2/q;+2;;;;/p+1. The van der Waals surface area contributed by atoms with Crippen LogP contribution < -0.4 is 10.2 Å². The molecular formula is C10H18NNiO8+3. The van der Waals surface area contributed by atoms with Gasteiger partial charge in [-0.05, 0) is 11.6 Å². The number of aliphatic carboxylic acids is 1. The van der Waals surface area contributed by atoms with Crippen molar-refractivity contribution in [3.8, 4) is 5.75 Å². The molecule has 0 amide bonds. The molecule has 0 radical (unpaired) electrons. The summed E-state index contributed by atoms with van der Waals surface area (Å²) in [6, 6.07) is 3.95. The number of carbonyl (C=O) groups is 2. The van der Waals surface area contributed by atoms with E-state index in [9.17, 15) is 19.8 Å². The van der Waals surface area contributed by atoms with Gasteiger partial charge >= 0.3 is 16.5 Å². The van der Waals surface area contributed by atoms with E-state index in [1.54, 1.807) is 0 Å². The van der Waals surface area contributed by atoms with Crippen LogP contribution in [-0.4, -0.2) is 30.5 Å². The van der Waals surface area contributed by atoms with Gasteiger partial charge < -0.3 is 36.9 Å². The molecule has 0 aliphatic rings. The Morgan fingerprint density at radius 1 is 1.25 bits per heavy atom. The van der Waals surface area contributed by atoms with E-state index < -0.39 is 12.5 Å². The van der Waals surface area contributed by atoms with Crippen molar-refractivity contribution in [1.82, 2.24) is 0 Å². The molecule has 0 unspecified atom stereocenters. The molecule has 1 aromatic carbocycles. The van der Waals surface area contributed by atoms with Crippen LogP contribution in [0.2, 0.25) is 0 Å². The summed E-state index contributed by atoms with van der Waals surface area (Å²) in [5.41, 5.74) is 0.519. The van der Waals surface area contributed by atoms with Crippen LogP contribution in [0.5, 0.6) is 5.75 Å². The monoisotopic (exact) mass is 338 g/mol. The fraction of sp³-hybridized carbons (Fsp3) is 0.100. The maximum Gasteiger partial charge on any atom is 2.00 e. The molecule has 0 saturated heterocycles. The summed E-state index contributed by atoms with van der Waals surface area (Å²) in [7, 11) is 0. The van der Waals surface area contributed by atoms with Crippen molar-refractivity contribution in [2.75, 3.05) is 6.54 Å². The van der Waals surface area contributed by atoms with Crippen LogP contribution >= 0.6 is 0 Å². The van der Waals surface area contributed by atoms with Gasteiger partial charge in [-0.2, -0.15) is 0 Å². The SMILES string of the molecule is O.O=Cc1ccc([O-])c(C=NCC(=O)[O-])c1.[Ni+2].[OH3+].[OH3+].[OH3+]. The van der Waals surface area contributed by atoms with E-state index >= 15 is 0 Å². The number of aliphatic imine (C=N–C) groups is 1. The number of carbonyl (C=O) groups excluding carboxylic acids is 2. The largest absolute Gasteiger partial charge is 2.00 e. The summed E-state index contributed by atoms with van der Waals surface area (Å²) in [4.78, 5) is 23.9. The zero-order valence-corrected chi connectivity index (χ0v) is 11.2. The van der Waals surface area contributed by atoms with Gasteiger partial charge in [-0.3, -0.25) is 9.79 Å². The first-order valence-corrected chi connectivity index (χ1v) is 4.09. The molecule has 10 heteroatoms. The molecule has 0 heterocycles. The van der Waals surface area contributed by atoms with E-state index in [4.69, 9.17) is 0 Å². The Balaban J connectivity index is -0.000000150. The number of benzene rings is 1. The molecule has 1 aromatic rings. The van der Waals surface area contributed by atoms with E-state index in [1.807, 2.05) is 0 Å². The van der Waals surface area contributed by atoms with Gasteiger partial charge in [0.2, 0.25) is 0 Å². The molecule has 0 fully saturated rings. The molecule has 1 rings (SSSR count). The third-order valence-corrected chi connectivity index (χ3v) is 1.62. The van der Waals surface area contributed by atoms with Crippen molar-refractivity contribution in [2.24, 2.45) is 4.99 Å². The molecule has 11 N–H and O–H groups in total. The number of nitrogens with zero attached hydrogens (tertiary/aromatic N) is 1. The Labute approximate surface area is 124 Å². The minimum Gasteiger partial charge on any atom is -0.872 e. The van der Waals surface area contributed by atoms with Gasteiger partial charge in [0.1, 0.15) is 6.29 Å². The topological polar surface area (TPSA) is 223 Å². The van der Waals surface area contributed by atoms with Gasteiger partial charge in [-0.25, -0.2) is 0 Å². The van der Waals surface area contributed by atoms with Crippen molar-refractivity contribution in [2.45, 2.75) is 0 Å². The Morgan fingerprint density at radius 3 is 2.25 bits per heavy atom. The smallest absolute Gasteiger partial charge is 0.872 e. The maximum atomic E-state index is 11.2. The van der Waals surface area contributed by atoms with Crippen LogP contribution in [0, 0.1) is 0 Å². The van der Waals surface area contributed by atoms with E-state index in [0.29, 0.717) is 11.8 Å². The van der Waals surface area contributed by atoms with E-state index in [1.165, 1.54) is 18.2 Å². The Morgan fingerprint density at radius 2 is 1.80 bits per heavy atom. The van der Waals surface area contributed by atoms with Gasteiger partial charge in [0.25, 0.3) is 0 Å². The maximum absolute atomic E-state index is 11.2. The molecule has 0 aromatic heterocycles. The Kier molecular flexibility index (Phi) is 23.5. The average Bonchev–Trinajstić information content (AvgIpc) is 2.20. The van der Waals surface area contributed by atoms with E-state index in [2.05, 4.69) is 4.99 Å².